The zero-order valence-electron chi connectivity index (χ0n) is 11.3. The summed E-state index contributed by atoms with van der Waals surface area (Å²) in [5.74, 6) is 1.56. The number of hydrogen-bond donors (Lipinski definition) is 3. The molecule has 2 amide bonds. The Hall–Kier alpha value is -2.48. The molecule has 0 heterocycles. The average molecular weight is 274 g/mol. The van der Waals surface area contributed by atoms with E-state index >= 15 is 0 Å². The molecular weight excluding hydrogens is 256 g/mol. The Morgan fingerprint density at radius 1 is 1.40 bits per heavy atom. The van der Waals surface area contributed by atoms with Crippen molar-refractivity contribution in [3.63, 3.8) is 0 Å². The lowest BCUT2D eigenvalue weighted by molar-refractivity contribution is -0.136. The molecule has 106 valence electrons. The van der Waals surface area contributed by atoms with Gasteiger partial charge < -0.3 is 15.7 Å². The molecule has 1 aromatic rings. The number of para-hydroxylation sites is 1. The highest BCUT2D eigenvalue weighted by molar-refractivity contribution is 5.91. The van der Waals surface area contributed by atoms with Crippen LogP contribution in [-0.2, 0) is 11.2 Å². The number of carboxylic acid groups (broad SMARTS) is 1. The summed E-state index contributed by atoms with van der Waals surface area (Å²) in [4.78, 5) is 22.6. The predicted octanol–water partition coefficient (Wildman–Crippen LogP) is 2.24. The molecule has 0 aliphatic rings. The minimum absolute atomic E-state index is 0.0911. The number of terminal acetylenes is 1. The Bertz CT molecular complexity index is 520. The van der Waals surface area contributed by atoms with Gasteiger partial charge in [0.05, 0.1) is 6.42 Å². The number of urea groups is 1. The molecule has 0 saturated heterocycles. The molecule has 0 fully saturated rings. The third-order valence-electron chi connectivity index (χ3n) is 2.80. The largest absolute Gasteiger partial charge is 0.481 e. The summed E-state index contributed by atoms with van der Waals surface area (Å²) >= 11 is 0. The number of nitrogens with one attached hydrogen (secondary N) is 2. The second-order valence-corrected chi connectivity index (χ2v) is 4.34. The molecule has 1 unspecified atom stereocenters. The molecule has 5 nitrogen and oxygen atoms in total. The van der Waals surface area contributed by atoms with E-state index in [-0.39, 0.29) is 18.5 Å². The van der Waals surface area contributed by atoms with Gasteiger partial charge in [0.2, 0.25) is 0 Å². The van der Waals surface area contributed by atoms with Crippen molar-refractivity contribution in [1.29, 1.82) is 0 Å². The van der Waals surface area contributed by atoms with E-state index in [0.29, 0.717) is 17.7 Å². The van der Waals surface area contributed by atoms with Gasteiger partial charge in [0.15, 0.2) is 0 Å². The number of carboxylic acids is 1. The van der Waals surface area contributed by atoms with Crippen molar-refractivity contribution in [3.05, 3.63) is 29.8 Å². The number of carbonyl (C=O) groups excluding carboxylic acids is 1. The molecule has 0 spiro atoms. The molecule has 1 rings (SSSR count). The topological polar surface area (TPSA) is 78.4 Å². The fourth-order valence-corrected chi connectivity index (χ4v) is 1.74. The van der Waals surface area contributed by atoms with Gasteiger partial charge in [-0.25, -0.2) is 4.79 Å². The molecular formula is C15H18N2O3. The highest BCUT2D eigenvalue weighted by Crippen LogP contribution is 2.15. The second-order valence-electron chi connectivity index (χ2n) is 4.34. The Balaban J connectivity index is 2.70. The summed E-state index contributed by atoms with van der Waals surface area (Å²) < 4.78 is 0. The van der Waals surface area contributed by atoms with Crippen molar-refractivity contribution < 1.29 is 14.7 Å². The fraction of sp³-hybridized carbons (Fsp3) is 0.333. The minimum Gasteiger partial charge on any atom is -0.481 e. The van der Waals surface area contributed by atoms with E-state index in [0.717, 1.165) is 6.42 Å². The maximum atomic E-state index is 11.9. The monoisotopic (exact) mass is 274 g/mol. The molecule has 0 aromatic heterocycles. The van der Waals surface area contributed by atoms with Crippen LogP contribution >= 0.6 is 0 Å². The van der Waals surface area contributed by atoms with Crippen molar-refractivity contribution in [2.75, 3.05) is 5.32 Å². The predicted molar refractivity (Wildman–Crippen MR) is 77.5 cm³/mol. The third kappa shape index (κ3) is 5.02. The standard InChI is InChI=1S/C15H18N2O3/c1-3-7-12(4-2)16-15(20)17-13-9-6-5-8-11(13)10-14(18)19/h1,5-6,8-9,12H,4,7,10H2,2H3,(H,18,19)(H2,16,17,20). The SMILES string of the molecule is C#CCC(CC)NC(=O)Nc1ccccc1CC(=O)O. The maximum absolute atomic E-state index is 11.9. The summed E-state index contributed by atoms with van der Waals surface area (Å²) in [5.41, 5.74) is 1.04. The molecule has 3 N–H and O–H groups in total. The molecule has 1 atom stereocenters. The van der Waals surface area contributed by atoms with Crippen LogP contribution in [-0.4, -0.2) is 23.1 Å². The van der Waals surface area contributed by atoms with Gasteiger partial charge >= 0.3 is 12.0 Å². The third-order valence-corrected chi connectivity index (χ3v) is 2.80. The van der Waals surface area contributed by atoms with Gasteiger partial charge in [-0.2, -0.15) is 0 Å². The molecule has 0 bridgehead atoms. The molecule has 0 aliphatic heterocycles. The molecule has 0 aliphatic carbocycles. The molecule has 0 saturated carbocycles. The lowest BCUT2D eigenvalue weighted by Gasteiger charge is -2.16. The van der Waals surface area contributed by atoms with Crippen LogP contribution in [0.2, 0.25) is 0 Å². The second kappa shape index (κ2) is 7.85. The lowest BCUT2D eigenvalue weighted by atomic mass is 10.1. The normalized spacial score (nSPS) is 11.2. The summed E-state index contributed by atoms with van der Waals surface area (Å²) in [6, 6.07) is 6.33. The maximum Gasteiger partial charge on any atom is 0.319 e. The summed E-state index contributed by atoms with van der Waals surface area (Å²) in [7, 11) is 0. The Kier molecular flexibility index (Phi) is 6.11. The van der Waals surface area contributed by atoms with E-state index in [2.05, 4.69) is 16.6 Å². The first-order valence-electron chi connectivity index (χ1n) is 6.37. The van der Waals surface area contributed by atoms with Crippen LogP contribution in [0.5, 0.6) is 0 Å². The van der Waals surface area contributed by atoms with Gasteiger partial charge in [0.1, 0.15) is 0 Å². The van der Waals surface area contributed by atoms with E-state index < -0.39 is 5.97 Å². The quantitative estimate of drug-likeness (QED) is 0.696. The van der Waals surface area contributed by atoms with Gasteiger partial charge in [-0.05, 0) is 18.1 Å². The van der Waals surface area contributed by atoms with Crippen LogP contribution in [0.4, 0.5) is 10.5 Å². The van der Waals surface area contributed by atoms with E-state index in [1.807, 2.05) is 6.92 Å². The van der Waals surface area contributed by atoms with Gasteiger partial charge in [0, 0.05) is 18.2 Å². The molecule has 5 heteroatoms. The zero-order valence-corrected chi connectivity index (χ0v) is 11.3. The van der Waals surface area contributed by atoms with Crippen LogP contribution in [0, 0.1) is 12.3 Å². The number of hydrogen-bond acceptors (Lipinski definition) is 2. The number of benzene rings is 1. The summed E-state index contributed by atoms with van der Waals surface area (Å²) in [6.07, 6.45) is 6.27. The molecule has 1 aromatic carbocycles. The van der Waals surface area contributed by atoms with Gasteiger partial charge in [-0.15, -0.1) is 12.3 Å². The Labute approximate surface area is 118 Å². The first-order chi connectivity index (χ1) is 9.56. The van der Waals surface area contributed by atoms with E-state index in [1.165, 1.54) is 0 Å². The fourth-order valence-electron chi connectivity index (χ4n) is 1.74. The highest BCUT2D eigenvalue weighted by Gasteiger charge is 2.12. The smallest absolute Gasteiger partial charge is 0.319 e. The van der Waals surface area contributed by atoms with Crippen molar-refractivity contribution in [1.82, 2.24) is 5.32 Å². The summed E-state index contributed by atoms with van der Waals surface area (Å²) in [6.45, 7) is 1.93. The van der Waals surface area contributed by atoms with Gasteiger partial charge in [-0.1, -0.05) is 25.1 Å². The van der Waals surface area contributed by atoms with Crippen molar-refractivity contribution in [2.45, 2.75) is 32.2 Å². The first-order valence-corrected chi connectivity index (χ1v) is 6.37. The van der Waals surface area contributed by atoms with Crippen molar-refractivity contribution >= 4 is 17.7 Å². The molecule has 0 radical (unpaired) electrons. The van der Waals surface area contributed by atoms with E-state index in [1.54, 1.807) is 24.3 Å². The van der Waals surface area contributed by atoms with Crippen molar-refractivity contribution in [3.8, 4) is 12.3 Å². The number of carbonyl (C=O) groups is 2. The zero-order chi connectivity index (χ0) is 15.0. The summed E-state index contributed by atoms with van der Waals surface area (Å²) in [5, 5.41) is 14.2. The number of rotatable bonds is 6. The van der Waals surface area contributed by atoms with Crippen LogP contribution in [0.15, 0.2) is 24.3 Å². The van der Waals surface area contributed by atoms with E-state index in [9.17, 15) is 9.59 Å². The average Bonchev–Trinajstić information content (AvgIpc) is 2.40. The Morgan fingerprint density at radius 2 is 2.10 bits per heavy atom. The molecule has 20 heavy (non-hydrogen) atoms. The number of aliphatic carboxylic acids is 1. The number of anilines is 1. The lowest BCUT2D eigenvalue weighted by Crippen LogP contribution is -2.37. The van der Waals surface area contributed by atoms with Crippen LogP contribution in [0.25, 0.3) is 0 Å². The van der Waals surface area contributed by atoms with Crippen LogP contribution in [0.3, 0.4) is 0 Å². The van der Waals surface area contributed by atoms with Gasteiger partial charge in [0.25, 0.3) is 0 Å². The van der Waals surface area contributed by atoms with Crippen LogP contribution in [0.1, 0.15) is 25.3 Å². The van der Waals surface area contributed by atoms with Crippen LogP contribution < -0.4 is 10.6 Å². The Morgan fingerprint density at radius 3 is 2.70 bits per heavy atom. The first kappa shape index (κ1) is 15.6. The van der Waals surface area contributed by atoms with Gasteiger partial charge in [-0.3, -0.25) is 4.79 Å². The van der Waals surface area contributed by atoms with E-state index in [4.69, 9.17) is 11.5 Å². The minimum atomic E-state index is -0.946. The number of amides is 2. The highest BCUT2D eigenvalue weighted by atomic mass is 16.4. The van der Waals surface area contributed by atoms with Crippen molar-refractivity contribution in [2.24, 2.45) is 0 Å².